The molecule has 4 nitrogen and oxygen atoms in total. The highest BCUT2D eigenvalue weighted by molar-refractivity contribution is 7.98. The van der Waals surface area contributed by atoms with E-state index in [1.54, 1.807) is 36.0 Å². The molecule has 0 aliphatic carbocycles. The first-order valence-electron chi connectivity index (χ1n) is 7.83. The lowest BCUT2D eigenvalue weighted by atomic mass is 10.2. The Hall–Kier alpha value is -1.56. The number of rotatable bonds is 6. The van der Waals surface area contributed by atoms with Crippen LogP contribution in [-0.2, 0) is 5.75 Å². The van der Waals surface area contributed by atoms with Crippen molar-refractivity contribution in [1.29, 1.82) is 0 Å². The van der Waals surface area contributed by atoms with Crippen LogP contribution in [0.2, 0.25) is 10.0 Å². The van der Waals surface area contributed by atoms with E-state index in [4.69, 9.17) is 32.7 Å². The van der Waals surface area contributed by atoms with E-state index in [0.29, 0.717) is 46.9 Å². The predicted octanol–water partition coefficient (Wildman–Crippen LogP) is 4.43. The summed E-state index contributed by atoms with van der Waals surface area (Å²) in [4.78, 5) is 12.2. The molecule has 0 fully saturated rings. The number of nitrogens with one attached hydrogen (secondary N) is 1. The lowest BCUT2D eigenvalue weighted by Crippen LogP contribution is -2.26. The highest BCUT2D eigenvalue weighted by atomic mass is 35.5. The molecule has 0 saturated heterocycles. The van der Waals surface area contributed by atoms with Crippen LogP contribution in [0, 0.1) is 0 Å². The van der Waals surface area contributed by atoms with Crippen molar-refractivity contribution < 1.29 is 14.3 Å². The van der Waals surface area contributed by atoms with Crippen molar-refractivity contribution in [3.63, 3.8) is 0 Å². The summed E-state index contributed by atoms with van der Waals surface area (Å²) < 4.78 is 10.9. The summed E-state index contributed by atoms with van der Waals surface area (Å²) in [6.45, 7) is 1.62. The van der Waals surface area contributed by atoms with Gasteiger partial charge in [0.2, 0.25) is 0 Å². The Morgan fingerprint density at radius 3 is 2.64 bits per heavy atom. The number of fused-ring (bicyclic) bond motifs is 1. The van der Waals surface area contributed by atoms with Crippen LogP contribution in [0.1, 0.15) is 15.9 Å². The van der Waals surface area contributed by atoms with Crippen molar-refractivity contribution >= 4 is 40.9 Å². The average Bonchev–Trinajstić information content (AvgIpc) is 2.63. The number of hydrogen-bond acceptors (Lipinski definition) is 4. The average molecular weight is 398 g/mol. The van der Waals surface area contributed by atoms with Crippen LogP contribution >= 0.6 is 35.0 Å². The monoisotopic (exact) mass is 397 g/mol. The minimum atomic E-state index is -0.118. The first-order chi connectivity index (χ1) is 12.1. The molecule has 1 N–H and O–H groups in total. The molecular weight excluding hydrogens is 381 g/mol. The van der Waals surface area contributed by atoms with Crippen molar-refractivity contribution in [2.75, 3.05) is 25.5 Å². The Morgan fingerprint density at radius 1 is 1.04 bits per heavy atom. The van der Waals surface area contributed by atoms with Gasteiger partial charge in [0.05, 0.1) is 10.0 Å². The van der Waals surface area contributed by atoms with Crippen molar-refractivity contribution in [2.24, 2.45) is 0 Å². The Balaban J connectivity index is 1.42. The quantitative estimate of drug-likeness (QED) is 0.732. The fourth-order valence-corrected chi connectivity index (χ4v) is 3.47. The fraction of sp³-hybridized carbons (Fsp3) is 0.278. The van der Waals surface area contributed by atoms with Crippen LogP contribution in [-0.4, -0.2) is 31.4 Å². The molecule has 7 heteroatoms. The van der Waals surface area contributed by atoms with Crippen molar-refractivity contribution in [3.05, 3.63) is 57.6 Å². The summed E-state index contributed by atoms with van der Waals surface area (Å²) in [5.74, 6) is 2.80. The van der Waals surface area contributed by atoms with Gasteiger partial charge in [0.15, 0.2) is 11.5 Å². The van der Waals surface area contributed by atoms with Gasteiger partial charge in [-0.05, 0) is 35.9 Å². The predicted molar refractivity (Wildman–Crippen MR) is 102 cm³/mol. The van der Waals surface area contributed by atoms with Gasteiger partial charge in [0, 0.05) is 23.6 Å². The van der Waals surface area contributed by atoms with Gasteiger partial charge in [-0.3, -0.25) is 4.79 Å². The Kier molecular flexibility index (Phi) is 6.34. The summed E-state index contributed by atoms with van der Waals surface area (Å²) in [5.41, 5.74) is 1.68. The highest BCUT2D eigenvalue weighted by Gasteiger charge is 2.14. The van der Waals surface area contributed by atoms with Crippen LogP contribution in [0.3, 0.4) is 0 Å². The smallest absolute Gasteiger partial charge is 0.251 e. The van der Waals surface area contributed by atoms with Crippen LogP contribution in [0.25, 0.3) is 0 Å². The molecule has 2 aromatic carbocycles. The number of benzene rings is 2. The molecule has 0 atom stereocenters. The minimum Gasteiger partial charge on any atom is -0.486 e. The third kappa shape index (κ3) is 4.97. The number of amides is 1. The summed E-state index contributed by atoms with van der Waals surface area (Å²) in [6, 6.07) is 10.8. The van der Waals surface area contributed by atoms with Gasteiger partial charge >= 0.3 is 0 Å². The van der Waals surface area contributed by atoms with Gasteiger partial charge in [0.25, 0.3) is 5.91 Å². The number of halogens is 2. The van der Waals surface area contributed by atoms with Gasteiger partial charge in [-0.1, -0.05) is 29.3 Å². The number of ether oxygens (including phenoxy) is 2. The maximum absolute atomic E-state index is 12.2. The second-order valence-corrected chi connectivity index (χ2v) is 7.33. The third-order valence-electron chi connectivity index (χ3n) is 3.59. The van der Waals surface area contributed by atoms with Gasteiger partial charge in [0.1, 0.15) is 13.2 Å². The lowest BCUT2D eigenvalue weighted by molar-refractivity contribution is 0.0955. The van der Waals surface area contributed by atoms with E-state index in [1.807, 2.05) is 12.1 Å². The fourth-order valence-electron chi connectivity index (χ4n) is 2.34. The summed E-state index contributed by atoms with van der Waals surface area (Å²) in [5, 5.41) is 4.03. The molecular formula is C18H17Cl2NO3S. The molecule has 1 aliphatic heterocycles. The molecule has 0 spiro atoms. The van der Waals surface area contributed by atoms with Crippen LogP contribution in [0.15, 0.2) is 36.4 Å². The van der Waals surface area contributed by atoms with Gasteiger partial charge in [-0.15, -0.1) is 0 Å². The van der Waals surface area contributed by atoms with E-state index in [0.717, 1.165) is 17.1 Å². The van der Waals surface area contributed by atoms with Gasteiger partial charge in [-0.25, -0.2) is 0 Å². The topological polar surface area (TPSA) is 47.6 Å². The standard InChI is InChI=1S/C18H17Cl2NO3S/c19-14-3-1-12(9-15(14)20)11-25-8-5-21-18(22)13-2-4-16-17(10-13)24-7-6-23-16/h1-4,9-10H,5-8,11H2,(H,21,22). The molecule has 1 heterocycles. The van der Waals surface area contributed by atoms with E-state index in [-0.39, 0.29) is 5.91 Å². The Bertz CT molecular complexity index is 770. The maximum Gasteiger partial charge on any atom is 0.251 e. The maximum atomic E-state index is 12.2. The van der Waals surface area contributed by atoms with Crippen LogP contribution in [0.5, 0.6) is 11.5 Å². The number of carbonyl (C=O) groups is 1. The molecule has 0 aromatic heterocycles. The normalized spacial score (nSPS) is 12.7. The van der Waals surface area contributed by atoms with E-state index in [9.17, 15) is 4.79 Å². The van der Waals surface area contributed by atoms with Crippen LogP contribution < -0.4 is 14.8 Å². The molecule has 3 rings (SSSR count). The van der Waals surface area contributed by atoms with Crippen molar-refractivity contribution in [1.82, 2.24) is 5.32 Å². The first kappa shape index (κ1) is 18.2. The van der Waals surface area contributed by atoms with Crippen LogP contribution in [0.4, 0.5) is 0 Å². The summed E-state index contributed by atoms with van der Waals surface area (Å²) in [6.07, 6.45) is 0. The molecule has 0 saturated carbocycles. The van der Waals surface area contributed by atoms with Crippen molar-refractivity contribution in [2.45, 2.75) is 5.75 Å². The molecule has 132 valence electrons. The second kappa shape index (κ2) is 8.70. The molecule has 25 heavy (non-hydrogen) atoms. The minimum absolute atomic E-state index is 0.118. The molecule has 2 aromatic rings. The SMILES string of the molecule is O=C(NCCSCc1ccc(Cl)c(Cl)c1)c1ccc2c(c1)OCCO2. The first-order valence-corrected chi connectivity index (χ1v) is 9.74. The number of carbonyl (C=O) groups excluding carboxylic acids is 1. The number of hydrogen-bond donors (Lipinski definition) is 1. The lowest BCUT2D eigenvalue weighted by Gasteiger charge is -2.18. The zero-order chi connectivity index (χ0) is 17.6. The largest absolute Gasteiger partial charge is 0.486 e. The molecule has 0 bridgehead atoms. The molecule has 1 aliphatic rings. The molecule has 0 radical (unpaired) electrons. The van der Waals surface area contributed by atoms with E-state index >= 15 is 0 Å². The second-order valence-electron chi connectivity index (χ2n) is 5.42. The molecule has 1 amide bonds. The zero-order valence-electron chi connectivity index (χ0n) is 13.4. The van der Waals surface area contributed by atoms with Gasteiger partial charge < -0.3 is 14.8 Å². The summed E-state index contributed by atoms with van der Waals surface area (Å²) in [7, 11) is 0. The van der Waals surface area contributed by atoms with E-state index < -0.39 is 0 Å². The summed E-state index contributed by atoms with van der Waals surface area (Å²) >= 11 is 13.6. The van der Waals surface area contributed by atoms with E-state index in [2.05, 4.69) is 5.32 Å². The Morgan fingerprint density at radius 2 is 1.84 bits per heavy atom. The molecule has 0 unspecified atom stereocenters. The number of thioether (sulfide) groups is 1. The third-order valence-corrected chi connectivity index (χ3v) is 5.36. The highest BCUT2D eigenvalue weighted by Crippen LogP contribution is 2.30. The van der Waals surface area contributed by atoms with E-state index in [1.165, 1.54) is 0 Å². The Labute approximate surface area is 160 Å². The zero-order valence-corrected chi connectivity index (χ0v) is 15.7. The van der Waals surface area contributed by atoms with Crippen molar-refractivity contribution in [3.8, 4) is 11.5 Å². The van der Waals surface area contributed by atoms with Gasteiger partial charge in [-0.2, -0.15) is 11.8 Å².